The highest BCUT2D eigenvalue weighted by molar-refractivity contribution is 5.81. The van der Waals surface area contributed by atoms with E-state index in [1.165, 1.54) is 19.2 Å². The smallest absolute Gasteiger partial charge is 0.497 e. The topological polar surface area (TPSA) is 61.8 Å². The van der Waals surface area contributed by atoms with Crippen LogP contribution in [0.1, 0.15) is 17.3 Å². The molecule has 0 fully saturated rings. The summed E-state index contributed by atoms with van der Waals surface area (Å²) in [5, 5.41) is 0. The first-order valence-electron chi connectivity index (χ1n) is 4.69. The summed E-state index contributed by atoms with van der Waals surface area (Å²) < 4.78 is 14.4. The van der Waals surface area contributed by atoms with Crippen molar-refractivity contribution in [2.45, 2.75) is 6.92 Å². The van der Waals surface area contributed by atoms with Gasteiger partial charge in [-0.25, -0.2) is 4.79 Å². The highest BCUT2D eigenvalue weighted by Gasteiger charge is 2.10. The average molecular weight is 224 g/mol. The van der Waals surface area contributed by atoms with E-state index in [0.29, 0.717) is 12.0 Å². The van der Waals surface area contributed by atoms with Gasteiger partial charge in [-0.3, -0.25) is 4.79 Å². The molecule has 0 saturated carbocycles. The van der Waals surface area contributed by atoms with Crippen LogP contribution in [-0.4, -0.2) is 26.2 Å². The van der Waals surface area contributed by atoms with Gasteiger partial charge < -0.3 is 14.2 Å². The first-order chi connectivity index (χ1) is 7.71. The van der Waals surface area contributed by atoms with E-state index in [2.05, 4.69) is 4.74 Å². The van der Waals surface area contributed by atoms with Crippen LogP contribution in [0.25, 0.3) is 0 Å². The van der Waals surface area contributed by atoms with Gasteiger partial charge in [0.25, 0.3) is 0 Å². The molecule has 0 atom stereocenters. The Balaban J connectivity index is 2.87. The Bertz CT molecular complexity index is 386. The van der Waals surface area contributed by atoms with Crippen LogP contribution >= 0.6 is 0 Å². The van der Waals surface area contributed by atoms with Crippen molar-refractivity contribution < 1.29 is 23.8 Å². The molecule has 5 nitrogen and oxygen atoms in total. The van der Waals surface area contributed by atoms with Gasteiger partial charge in [0.1, 0.15) is 11.5 Å². The summed E-state index contributed by atoms with van der Waals surface area (Å²) >= 11 is 0. The fraction of sp³-hybridized carbons (Fsp3) is 0.273. The molecule has 0 saturated heterocycles. The fourth-order valence-electron chi connectivity index (χ4n) is 1.08. The summed E-state index contributed by atoms with van der Waals surface area (Å²) in [4.78, 5) is 21.8. The Labute approximate surface area is 92.9 Å². The first kappa shape index (κ1) is 12.0. The zero-order chi connectivity index (χ0) is 12.0. The van der Waals surface area contributed by atoms with Crippen LogP contribution in [0.5, 0.6) is 11.5 Å². The predicted octanol–water partition coefficient (Wildman–Crippen LogP) is 2.04. The molecule has 0 N–H and O–H groups in total. The van der Waals surface area contributed by atoms with Crippen LogP contribution in [0.4, 0.5) is 4.79 Å². The number of methoxy groups -OCH3 is 1. The highest BCUT2D eigenvalue weighted by atomic mass is 16.7. The van der Waals surface area contributed by atoms with E-state index in [1.807, 2.05) is 0 Å². The van der Waals surface area contributed by atoms with Crippen molar-refractivity contribution in [3.63, 3.8) is 0 Å². The van der Waals surface area contributed by atoms with Gasteiger partial charge in [-0.2, -0.15) is 0 Å². The molecule has 0 aliphatic heterocycles. The van der Waals surface area contributed by atoms with Crippen molar-refractivity contribution in [2.75, 3.05) is 13.7 Å². The van der Waals surface area contributed by atoms with E-state index in [4.69, 9.17) is 9.47 Å². The molecular formula is C11H12O5. The monoisotopic (exact) mass is 224 g/mol. The molecule has 5 heteroatoms. The summed E-state index contributed by atoms with van der Waals surface area (Å²) in [6, 6.07) is 4.53. The molecule has 0 amide bonds. The molecule has 1 aromatic rings. The Kier molecular flexibility index (Phi) is 4.32. The van der Waals surface area contributed by atoms with Crippen LogP contribution < -0.4 is 9.47 Å². The molecule has 0 spiro atoms. The molecule has 0 aromatic heterocycles. The Hall–Kier alpha value is -2.04. The molecule has 0 bridgehead atoms. The number of aldehydes is 1. The van der Waals surface area contributed by atoms with Crippen molar-refractivity contribution in [3.05, 3.63) is 23.8 Å². The molecule has 86 valence electrons. The number of benzene rings is 1. The number of rotatable bonds is 4. The van der Waals surface area contributed by atoms with E-state index < -0.39 is 6.16 Å². The summed E-state index contributed by atoms with van der Waals surface area (Å²) in [5.74, 6) is 0.660. The normalized spacial score (nSPS) is 9.38. The quantitative estimate of drug-likeness (QED) is 0.445. The van der Waals surface area contributed by atoms with Crippen LogP contribution in [0.3, 0.4) is 0 Å². The van der Waals surface area contributed by atoms with Crippen molar-refractivity contribution >= 4 is 12.4 Å². The maximum atomic E-state index is 11.0. The molecule has 1 aromatic carbocycles. The molecule has 1 rings (SSSR count). The van der Waals surface area contributed by atoms with E-state index in [1.54, 1.807) is 13.0 Å². The van der Waals surface area contributed by atoms with E-state index >= 15 is 0 Å². The number of hydrogen-bond acceptors (Lipinski definition) is 5. The molecule has 0 radical (unpaired) electrons. The fourth-order valence-corrected chi connectivity index (χ4v) is 1.08. The standard InChI is InChI=1S/C11H12O5/c1-3-15-11(13)16-10-5-4-9(14-2)6-8(10)7-12/h4-7H,3H2,1-2H3. The van der Waals surface area contributed by atoms with E-state index in [9.17, 15) is 9.59 Å². The minimum atomic E-state index is -0.837. The molecule has 16 heavy (non-hydrogen) atoms. The number of carbonyl (C=O) groups excluding carboxylic acids is 2. The lowest BCUT2D eigenvalue weighted by molar-refractivity contribution is 0.103. The lowest BCUT2D eigenvalue weighted by atomic mass is 10.2. The number of carbonyl (C=O) groups is 2. The van der Waals surface area contributed by atoms with Gasteiger partial charge in [0, 0.05) is 0 Å². The Morgan fingerprint density at radius 3 is 2.75 bits per heavy atom. The Morgan fingerprint density at radius 1 is 1.44 bits per heavy atom. The molecule has 0 unspecified atom stereocenters. The molecular weight excluding hydrogens is 212 g/mol. The average Bonchev–Trinajstić information content (AvgIpc) is 2.30. The van der Waals surface area contributed by atoms with Gasteiger partial charge >= 0.3 is 6.16 Å². The summed E-state index contributed by atoms with van der Waals surface area (Å²) in [6.07, 6.45) is -0.257. The van der Waals surface area contributed by atoms with Crippen molar-refractivity contribution in [2.24, 2.45) is 0 Å². The maximum absolute atomic E-state index is 11.0. The minimum Gasteiger partial charge on any atom is -0.497 e. The lowest BCUT2D eigenvalue weighted by Gasteiger charge is -2.07. The zero-order valence-corrected chi connectivity index (χ0v) is 9.06. The first-order valence-corrected chi connectivity index (χ1v) is 4.69. The van der Waals surface area contributed by atoms with Gasteiger partial charge in [0.15, 0.2) is 6.29 Å². The molecule has 0 aliphatic carbocycles. The van der Waals surface area contributed by atoms with E-state index in [0.717, 1.165) is 0 Å². The molecule has 0 aliphatic rings. The van der Waals surface area contributed by atoms with Crippen LogP contribution in [-0.2, 0) is 4.74 Å². The predicted molar refractivity (Wildman–Crippen MR) is 56.0 cm³/mol. The summed E-state index contributed by atoms with van der Waals surface area (Å²) in [7, 11) is 1.48. The van der Waals surface area contributed by atoms with Crippen molar-refractivity contribution in [3.8, 4) is 11.5 Å². The maximum Gasteiger partial charge on any atom is 0.513 e. The third-order valence-electron chi connectivity index (χ3n) is 1.80. The molecule has 0 heterocycles. The van der Waals surface area contributed by atoms with Gasteiger partial charge in [-0.15, -0.1) is 0 Å². The second kappa shape index (κ2) is 5.75. The SMILES string of the molecule is CCOC(=O)Oc1ccc(OC)cc1C=O. The van der Waals surface area contributed by atoms with Crippen LogP contribution in [0.2, 0.25) is 0 Å². The van der Waals surface area contributed by atoms with Gasteiger partial charge in [0.2, 0.25) is 0 Å². The minimum absolute atomic E-state index is 0.147. The third kappa shape index (κ3) is 2.98. The van der Waals surface area contributed by atoms with Gasteiger partial charge in [0.05, 0.1) is 19.3 Å². The van der Waals surface area contributed by atoms with Crippen LogP contribution in [0.15, 0.2) is 18.2 Å². The second-order valence-electron chi connectivity index (χ2n) is 2.81. The highest BCUT2D eigenvalue weighted by Crippen LogP contribution is 2.22. The van der Waals surface area contributed by atoms with Crippen molar-refractivity contribution in [1.29, 1.82) is 0 Å². The second-order valence-corrected chi connectivity index (χ2v) is 2.81. The zero-order valence-electron chi connectivity index (χ0n) is 9.06. The number of ether oxygens (including phenoxy) is 3. The third-order valence-corrected chi connectivity index (χ3v) is 1.80. The Morgan fingerprint density at radius 2 is 2.19 bits per heavy atom. The largest absolute Gasteiger partial charge is 0.513 e. The summed E-state index contributed by atoms with van der Waals surface area (Å²) in [5.41, 5.74) is 0.229. The lowest BCUT2D eigenvalue weighted by Crippen LogP contribution is -2.11. The number of hydrogen-bond donors (Lipinski definition) is 0. The van der Waals surface area contributed by atoms with E-state index in [-0.39, 0.29) is 17.9 Å². The van der Waals surface area contributed by atoms with Crippen molar-refractivity contribution in [1.82, 2.24) is 0 Å². The van der Waals surface area contributed by atoms with Gasteiger partial charge in [-0.1, -0.05) is 0 Å². The summed E-state index contributed by atoms with van der Waals surface area (Å²) in [6.45, 7) is 1.88. The van der Waals surface area contributed by atoms with Gasteiger partial charge in [-0.05, 0) is 25.1 Å². The van der Waals surface area contributed by atoms with Crippen LogP contribution in [0, 0.1) is 0 Å².